The summed E-state index contributed by atoms with van der Waals surface area (Å²) in [6.07, 6.45) is 8.65. The maximum Gasteiger partial charge on any atom is 0.155 e. The minimum atomic E-state index is 0.184. The van der Waals surface area contributed by atoms with E-state index in [1.807, 2.05) is 54.6 Å². The van der Waals surface area contributed by atoms with Crippen molar-refractivity contribution in [2.24, 2.45) is 0 Å². The van der Waals surface area contributed by atoms with E-state index in [0.717, 1.165) is 34.7 Å². The summed E-state index contributed by atoms with van der Waals surface area (Å²) in [6.45, 7) is 2.66. The van der Waals surface area contributed by atoms with Crippen molar-refractivity contribution in [3.8, 4) is 5.75 Å². The highest BCUT2D eigenvalue weighted by molar-refractivity contribution is 6.30. The Morgan fingerprint density at radius 1 is 1.08 bits per heavy atom. The van der Waals surface area contributed by atoms with Crippen LogP contribution >= 0.6 is 11.6 Å². The molecule has 0 heterocycles. The number of carbonyl (C=O) groups is 1. The quantitative estimate of drug-likeness (QED) is 0.360. The van der Waals surface area contributed by atoms with Gasteiger partial charge in [0.25, 0.3) is 0 Å². The van der Waals surface area contributed by atoms with Gasteiger partial charge in [-0.2, -0.15) is 0 Å². The molecule has 0 radical (unpaired) electrons. The molecule has 25 heavy (non-hydrogen) atoms. The summed E-state index contributed by atoms with van der Waals surface area (Å²) in [5.41, 5.74) is 2.03. The first-order chi connectivity index (χ1) is 12.2. The Hall–Kier alpha value is -2.06. The van der Waals surface area contributed by atoms with Crippen molar-refractivity contribution in [3.05, 3.63) is 70.8 Å². The van der Waals surface area contributed by atoms with E-state index >= 15 is 0 Å². The monoisotopic (exact) mass is 356 g/mol. The van der Waals surface area contributed by atoms with Crippen LogP contribution in [0.5, 0.6) is 5.75 Å². The zero-order valence-electron chi connectivity index (χ0n) is 14.7. The second-order valence-corrected chi connectivity index (χ2v) is 6.53. The van der Waals surface area contributed by atoms with E-state index in [0.29, 0.717) is 13.0 Å². The van der Waals surface area contributed by atoms with Crippen LogP contribution in [0.25, 0.3) is 6.08 Å². The molecule has 2 nitrogen and oxygen atoms in total. The van der Waals surface area contributed by atoms with Crippen molar-refractivity contribution < 1.29 is 9.53 Å². The highest BCUT2D eigenvalue weighted by Gasteiger charge is 1.99. The number of ketones is 1. The van der Waals surface area contributed by atoms with Crippen molar-refractivity contribution in [1.29, 1.82) is 0 Å². The van der Waals surface area contributed by atoms with Crippen LogP contribution in [-0.2, 0) is 11.4 Å². The first kappa shape index (κ1) is 19.3. The predicted molar refractivity (Wildman–Crippen MR) is 105 cm³/mol. The van der Waals surface area contributed by atoms with Gasteiger partial charge in [-0.25, -0.2) is 0 Å². The fourth-order valence-electron chi connectivity index (χ4n) is 2.45. The molecule has 132 valence electrons. The Morgan fingerprint density at radius 3 is 2.64 bits per heavy atom. The second kappa shape index (κ2) is 10.7. The minimum absolute atomic E-state index is 0.184. The topological polar surface area (TPSA) is 26.3 Å². The van der Waals surface area contributed by atoms with Gasteiger partial charge in [-0.1, -0.05) is 68.1 Å². The summed E-state index contributed by atoms with van der Waals surface area (Å²) < 4.78 is 5.81. The summed E-state index contributed by atoms with van der Waals surface area (Å²) in [6, 6.07) is 15.4. The van der Waals surface area contributed by atoms with Crippen molar-refractivity contribution >= 4 is 23.5 Å². The zero-order valence-corrected chi connectivity index (χ0v) is 15.5. The molecular formula is C22H25ClO2. The van der Waals surface area contributed by atoms with E-state index in [1.165, 1.54) is 12.8 Å². The van der Waals surface area contributed by atoms with Crippen LogP contribution in [-0.4, -0.2) is 5.78 Å². The Kier molecular flexibility index (Phi) is 8.27. The fraction of sp³-hybridized carbons (Fsp3) is 0.318. The van der Waals surface area contributed by atoms with E-state index in [1.54, 1.807) is 6.08 Å². The number of benzene rings is 2. The molecule has 0 spiro atoms. The normalized spacial score (nSPS) is 11.0. The summed E-state index contributed by atoms with van der Waals surface area (Å²) >= 11 is 5.88. The van der Waals surface area contributed by atoms with Gasteiger partial charge in [-0.3, -0.25) is 4.79 Å². The summed E-state index contributed by atoms with van der Waals surface area (Å²) in [4.78, 5) is 11.9. The molecule has 3 heteroatoms. The minimum Gasteiger partial charge on any atom is -0.489 e. The number of rotatable bonds is 10. The van der Waals surface area contributed by atoms with Crippen LogP contribution in [0, 0.1) is 0 Å². The van der Waals surface area contributed by atoms with Crippen LogP contribution < -0.4 is 4.74 Å². The maximum atomic E-state index is 11.9. The molecule has 2 rings (SSSR count). The molecule has 0 atom stereocenters. The lowest BCUT2D eigenvalue weighted by molar-refractivity contribution is -0.114. The summed E-state index contributed by atoms with van der Waals surface area (Å²) in [7, 11) is 0. The van der Waals surface area contributed by atoms with Gasteiger partial charge in [0.05, 0.1) is 0 Å². The van der Waals surface area contributed by atoms with Gasteiger partial charge >= 0.3 is 0 Å². The van der Waals surface area contributed by atoms with Crippen molar-refractivity contribution in [2.75, 3.05) is 0 Å². The average molecular weight is 357 g/mol. The number of ether oxygens (including phenoxy) is 1. The third kappa shape index (κ3) is 7.57. The van der Waals surface area contributed by atoms with Crippen molar-refractivity contribution in [1.82, 2.24) is 0 Å². The Bertz CT molecular complexity index is 689. The zero-order chi connectivity index (χ0) is 17.9. The van der Waals surface area contributed by atoms with E-state index in [2.05, 4.69) is 6.92 Å². The van der Waals surface area contributed by atoms with Crippen LogP contribution in [0.4, 0.5) is 0 Å². The van der Waals surface area contributed by atoms with Gasteiger partial charge in [-0.05, 0) is 47.9 Å². The molecule has 0 N–H and O–H groups in total. The highest BCUT2D eigenvalue weighted by Crippen LogP contribution is 2.17. The molecule has 2 aromatic rings. The number of halogens is 1. The summed E-state index contributed by atoms with van der Waals surface area (Å²) in [5, 5.41) is 0.718. The van der Waals surface area contributed by atoms with Crippen molar-refractivity contribution in [2.45, 2.75) is 45.6 Å². The standard InChI is InChI=1S/C22H25ClO2/c1-2-3-4-5-8-21(24)15-12-18-7-6-9-22(16-18)25-17-19-10-13-20(23)14-11-19/h6-7,9-16H,2-5,8,17H2,1H3/b15-12-. The average Bonchev–Trinajstić information content (AvgIpc) is 2.63. The van der Waals surface area contributed by atoms with E-state index in [9.17, 15) is 4.79 Å². The number of hydrogen-bond donors (Lipinski definition) is 0. The molecular weight excluding hydrogens is 332 g/mol. The van der Waals surface area contributed by atoms with E-state index in [4.69, 9.17) is 16.3 Å². The van der Waals surface area contributed by atoms with Crippen LogP contribution in [0.1, 0.15) is 50.2 Å². The molecule has 0 aliphatic heterocycles. The van der Waals surface area contributed by atoms with Crippen LogP contribution in [0.2, 0.25) is 5.02 Å². The number of hydrogen-bond acceptors (Lipinski definition) is 2. The SMILES string of the molecule is CCCCCCC(=O)/C=C\c1cccc(OCc2ccc(Cl)cc2)c1. The van der Waals surface area contributed by atoms with Gasteiger partial charge in [0.1, 0.15) is 12.4 Å². The third-order valence-corrected chi connectivity index (χ3v) is 4.17. The Morgan fingerprint density at radius 2 is 1.88 bits per heavy atom. The second-order valence-electron chi connectivity index (χ2n) is 6.10. The van der Waals surface area contributed by atoms with Gasteiger partial charge in [0.15, 0.2) is 5.78 Å². The molecule has 0 bridgehead atoms. The van der Waals surface area contributed by atoms with E-state index in [-0.39, 0.29) is 5.78 Å². The van der Waals surface area contributed by atoms with Gasteiger partial charge in [-0.15, -0.1) is 0 Å². The molecule has 0 amide bonds. The van der Waals surface area contributed by atoms with Gasteiger partial charge in [0, 0.05) is 11.4 Å². The Labute approximate surface area is 155 Å². The predicted octanol–water partition coefficient (Wildman–Crippen LogP) is 6.47. The lowest BCUT2D eigenvalue weighted by Gasteiger charge is -2.07. The van der Waals surface area contributed by atoms with Crippen LogP contribution in [0.3, 0.4) is 0 Å². The smallest absolute Gasteiger partial charge is 0.155 e. The molecule has 0 saturated heterocycles. The lowest BCUT2D eigenvalue weighted by Crippen LogP contribution is -1.95. The van der Waals surface area contributed by atoms with Crippen LogP contribution in [0.15, 0.2) is 54.6 Å². The first-order valence-corrected chi connectivity index (χ1v) is 9.23. The molecule has 0 aromatic heterocycles. The highest BCUT2D eigenvalue weighted by atomic mass is 35.5. The number of carbonyl (C=O) groups excluding carboxylic acids is 1. The molecule has 0 unspecified atom stereocenters. The molecule has 0 aliphatic rings. The number of unbranched alkanes of at least 4 members (excludes halogenated alkanes) is 3. The molecule has 2 aromatic carbocycles. The lowest BCUT2D eigenvalue weighted by atomic mass is 10.1. The maximum absolute atomic E-state index is 11.9. The fourth-order valence-corrected chi connectivity index (χ4v) is 2.58. The first-order valence-electron chi connectivity index (χ1n) is 8.85. The Balaban J connectivity index is 1.84. The summed E-state index contributed by atoms with van der Waals surface area (Å²) in [5.74, 6) is 0.969. The molecule has 0 fully saturated rings. The van der Waals surface area contributed by atoms with Gasteiger partial charge < -0.3 is 4.74 Å². The number of allylic oxidation sites excluding steroid dienone is 1. The largest absolute Gasteiger partial charge is 0.489 e. The van der Waals surface area contributed by atoms with Crippen molar-refractivity contribution in [3.63, 3.8) is 0 Å². The molecule has 0 aliphatic carbocycles. The third-order valence-electron chi connectivity index (χ3n) is 3.92. The molecule has 0 saturated carbocycles. The van der Waals surface area contributed by atoms with E-state index < -0.39 is 0 Å². The van der Waals surface area contributed by atoms with Gasteiger partial charge in [0.2, 0.25) is 0 Å².